The van der Waals surface area contributed by atoms with Crippen LogP contribution < -0.4 is 0 Å². The topological polar surface area (TPSA) is 72.4 Å². The van der Waals surface area contributed by atoms with Gasteiger partial charge in [0.15, 0.2) is 0 Å². The first-order valence-electron chi connectivity index (χ1n) is 9.31. The highest BCUT2D eigenvalue weighted by Crippen LogP contribution is 2.32. The molecule has 0 bridgehead atoms. The maximum Gasteiger partial charge on any atom is 0.243 e. The number of aryl methyl sites for hydroxylation is 1. The summed E-state index contributed by atoms with van der Waals surface area (Å²) >= 11 is 6.11. The van der Waals surface area contributed by atoms with Crippen LogP contribution in [-0.2, 0) is 14.8 Å². The number of ether oxygens (including phenoxy) is 1. The molecule has 1 aliphatic rings. The molecule has 3 aromatic rings. The zero-order valence-corrected chi connectivity index (χ0v) is 17.7. The van der Waals surface area contributed by atoms with E-state index in [-0.39, 0.29) is 30.2 Å². The lowest BCUT2D eigenvalue weighted by molar-refractivity contribution is -0.00477. The van der Waals surface area contributed by atoms with Crippen molar-refractivity contribution in [2.45, 2.75) is 17.9 Å². The molecule has 30 heavy (non-hydrogen) atoms. The molecule has 4 rings (SSSR count). The van der Waals surface area contributed by atoms with E-state index in [2.05, 4.69) is 9.97 Å². The zero-order chi connectivity index (χ0) is 21.3. The molecule has 156 valence electrons. The van der Waals surface area contributed by atoms with Crippen molar-refractivity contribution in [3.63, 3.8) is 0 Å². The van der Waals surface area contributed by atoms with E-state index in [4.69, 9.17) is 16.3 Å². The van der Waals surface area contributed by atoms with Gasteiger partial charge in [-0.1, -0.05) is 23.7 Å². The van der Waals surface area contributed by atoms with Crippen LogP contribution in [0.1, 0.15) is 17.4 Å². The van der Waals surface area contributed by atoms with Crippen molar-refractivity contribution in [1.82, 2.24) is 14.3 Å². The molecular formula is C21H19ClFN3O3S. The van der Waals surface area contributed by atoms with Gasteiger partial charge in [0.25, 0.3) is 0 Å². The van der Waals surface area contributed by atoms with Crippen LogP contribution in [0.5, 0.6) is 0 Å². The standard InChI is InChI=1S/C21H19ClFN3O3S/c1-14-11-17(5-6-18(14)23)30(27,28)26-9-10-29-19(13-26)21-20(24-7-8-25-21)15-3-2-4-16(22)12-15/h2-8,11-12,19H,9-10,13H2,1H3. The van der Waals surface area contributed by atoms with Crippen LogP contribution in [0.25, 0.3) is 11.3 Å². The van der Waals surface area contributed by atoms with Gasteiger partial charge in [-0.25, -0.2) is 12.8 Å². The van der Waals surface area contributed by atoms with Crippen LogP contribution in [0, 0.1) is 12.7 Å². The smallest absolute Gasteiger partial charge is 0.243 e. The summed E-state index contributed by atoms with van der Waals surface area (Å²) < 4.78 is 47.0. The molecule has 0 N–H and O–H groups in total. The molecule has 1 unspecified atom stereocenters. The number of morpholine rings is 1. The number of halogens is 2. The fraction of sp³-hybridized carbons (Fsp3) is 0.238. The summed E-state index contributed by atoms with van der Waals surface area (Å²) in [4.78, 5) is 8.89. The van der Waals surface area contributed by atoms with E-state index < -0.39 is 21.9 Å². The van der Waals surface area contributed by atoms with E-state index in [9.17, 15) is 12.8 Å². The number of rotatable bonds is 4. The molecule has 0 radical (unpaired) electrons. The van der Waals surface area contributed by atoms with E-state index >= 15 is 0 Å². The summed E-state index contributed by atoms with van der Waals surface area (Å²) in [5, 5.41) is 0.560. The van der Waals surface area contributed by atoms with Crippen molar-refractivity contribution in [3.05, 3.63) is 77.0 Å². The molecule has 0 amide bonds. The molecule has 6 nitrogen and oxygen atoms in total. The molecule has 0 spiro atoms. The molecular weight excluding hydrogens is 429 g/mol. The van der Waals surface area contributed by atoms with E-state index in [1.54, 1.807) is 24.5 Å². The van der Waals surface area contributed by atoms with Gasteiger partial charge in [-0.05, 0) is 42.8 Å². The third-order valence-electron chi connectivity index (χ3n) is 4.93. The van der Waals surface area contributed by atoms with Gasteiger partial charge in [-0.3, -0.25) is 9.97 Å². The Labute approximate surface area is 179 Å². The number of aromatic nitrogens is 2. The minimum Gasteiger partial charge on any atom is -0.369 e. The molecule has 1 fully saturated rings. The highest BCUT2D eigenvalue weighted by atomic mass is 35.5. The molecule has 1 saturated heterocycles. The lowest BCUT2D eigenvalue weighted by atomic mass is 10.1. The first-order valence-corrected chi connectivity index (χ1v) is 11.1. The average molecular weight is 448 g/mol. The number of nitrogens with zero attached hydrogens (tertiary/aromatic N) is 3. The molecule has 1 aliphatic heterocycles. The van der Waals surface area contributed by atoms with Crippen molar-refractivity contribution in [2.75, 3.05) is 19.7 Å². The maximum atomic E-state index is 13.6. The second-order valence-corrected chi connectivity index (χ2v) is 9.31. The first-order chi connectivity index (χ1) is 14.4. The predicted molar refractivity (Wildman–Crippen MR) is 111 cm³/mol. The Balaban J connectivity index is 1.66. The summed E-state index contributed by atoms with van der Waals surface area (Å²) in [6, 6.07) is 11.0. The van der Waals surface area contributed by atoms with E-state index in [1.807, 2.05) is 12.1 Å². The summed E-state index contributed by atoms with van der Waals surface area (Å²) in [6.07, 6.45) is 2.51. The molecule has 0 saturated carbocycles. The van der Waals surface area contributed by atoms with Crippen molar-refractivity contribution in [2.24, 2.45) is 0 Å². The van der Waals surface area contributed by atoms with Crippen LogP contribution in [-0.4, -0.2) is 42.4 Å². The minimum atomic E-state index is -3.81. The van der Waals surface area contributed by atoms with Gasteiger partial charge in [0.05, 0.1) is 22.9 Å². The number of hydrogen-bond acceptors (Lipinski definition) is 5. The Morgan fingerprint density at radius 1 is 1.17 bits per heavy atom. The summed E-state index contributed by atoms with van der Waals surface area (Å²) in [6.45, 7) is 2.01. The largest absolute Gasteiger partial charge is 0.369 e. The molecule has 9 heteroatoms. The Kier molecular flexibility index (Phi) is 5.84. The third kappa shape index (κ3) is 4.09. The van der Waals surface area contributed by atoms with Gasteiger partial charge >= 0.3 is 0 Å². The second-order valence-electron chi connectivity index (χ2n) is 6.93. The molecule has 2 aromatic carbocycles. The van der Waals surface area contributed by atoms with Gasteiger partial charge in [0.1, 0.15) is 11.9 Å². The minimum absolute atomic E-state index is 0.0521. The lowest BCUT2D eigenvalue weighted by Gasteiger charge is -2.32. The summed E-state index contributed by atoms with van der Waals surface area (Å²) in [5.41, 5.74) is 2.17. The van der Waals surface area contributed by atoms with Crippen molar-refractivity contribution in [1.29, 1.82) is 0 Å². The van der Waals surface area contributed by atoms with Crippen LogP contribution in [0.3, 0.4) is 0 Å². The molecule has 0 aliphatic carbocycles. The fourth-order valence-corrected chi connectivity index (χ4v) is 5.08. The zero-order valence-electron chi connectivity index (χ0n) is 16.1. The van der Waals surface area contributed by atoms with E-state index in [0.29, 0.717) is 16.4 Å². The second kappa shape index (κ2) is 8.39. The Hall–Kier alpha value is -2.39. The number of benzene rings is 2. The van der Waals surface area contributed by atoms with Crippen LogP contribution in [0.15, 0.2) is 59.8 Å². The SMILES string of the molecule is Cc1cc(S(=O)(=O)N2CCOC(c3nccnc3-c3cccc(Cl)c3)C2)ccc1F. The van der Waals surface area contributed by atoms with Crippen molar-refractivity contribution >= 4 is 21.6 Å². The third-order valence-corrected chi connectivity index (χ3v) is 7.02. The molecule has 1 atom stereocenters. The number of sulfonamides is 1. The van der Waals surface area contributed by atoms with Gasteiger partial charge in [-0.15, -0.1) is 0 Å². The maximum absolute atomic E-state index is 13.6. The Morgan fingerprint density at radius 3 is 2.73 bits per heavy atom. The van der Waals surface area contributed by atoms with E-state index in [0.717, 1.165) is 5.56 Å². The Bertz CT molecular complexity index is 1190. The highest BCUT2D eigenvalue weighted by Gasteiger charge is 2.33. The average Bonchev–Trinajstić information content (AvgIpc) is 2.75. The lowest BCUT2D eigenvalue weighted by Crippen LogP contribution is -2.42. The molecule has 1 aromatic heterocycles. The Morgan fingerprint density at radius 2 is 1.97 bits per heavy atom. The van der Waals surface area contributed by atoms with Gasteiger partial charge < -0.3 is 4.74 Å². The van der Waals surface area contributed by atoms with E-state index in [1.165, 1.54) is 29.4 Å². The first kappa shape index (κ1) is 20.9. The molecule has 2 heterocycles. The van der Waals surface area contributed by atoms with Crippen molar-refractivity contribution < 1.29 is 17.5 Å². The van der Waals surface area contributed by atoms with Crippen LogP contribution in [0.4, 0.5) is 4.39 Å². The van der Waals surface area contributed by atoms with Gasteiger partial charge in [-0.2, -0.15) is 4.31 Å². The van der Waals surface area contributed by atoms with Gasteiger partial charge in [0.2, 0.25) is 10.0 Å². The highest BCUT2D eigenvalue weighted by molar-refractivity contribution is 7.89. The van der Waals surface area contributed by atoms with Crippen molar-refractivity contribution in [3.8, 4) is 11.3 Å². The fourth-order valence-electron chi connectivity index (χ4n) is 3.38. The predicted octanol–water partition coefficient (Wildman–Crippen LogP) is 4.01. The van der Waals surface area contributed by atoms with Crippen LogP contribution >= 0.6 is 11.6 Å². The summed E-state index contributed by atoms with van der Waals surface area (Å²) in [5.74, 6) is -0.445. The number of hydrogen-bond donors (Lipinski definition) is 0. The summed E-state index contributed by atoms with van der Waals surface area (Å²) in [7, 11) is -3.81. The van der Waals surface area contributed by atoms with Gasteiger partial charge in [0, 0.05) is 36.1 Å². The normalized spacial score (nSPS) is 17.8. The quantitative estimate of drug-likeness (QED) is 0.604. The van der Waals surface area contributed by atoms with Crippen LogP contribution in [0.2, 0.25) is 5.02 Å². The monoisotopic (exact) mass is 447 g/mol.